The molecule has 0 amide bonds. The van der Waals surface area contributed by atoms with E-state index < -0.39 is 0 Å². The van der Waals surface area contributed by atoms with Gasteiger partial charge in [-0.25, -0.2) is 4.39 Å². The smallest absolute Gasteiger partial charge is 0.240 e. The molecule has 0 saturated heterocycles. The van der Waals surface area contributed by atoms with Crippen LogP contribution < -0.4 is 0 Å². The zero-order valence-corrected chi connectivity index (χ0v) is 13.8. The van der Waals surface area contributed by atoms with E-state index in [0.717, 1.165) is 36.2 Å². The molecule has 5 rings (SSSR count). The third kappa shape index (κ3) is 2.87. The fourth-order valence-corrected chi connectivity index (χ4v) is 3.49. The molecule has 6 heteroatoms. The lowest BCUT2D eigenvalue weighted by atomic mass is 9.99. The molecule has 2 aromatic heterocycles. The van der Waals surface area contributed by atoms with E-state index in [2.05, 4.69) is 26.1 Å². The highest BCUT2D eigenvalue weighted by Crippen LogP contribution is 2.38. The standard InChI is InChI=1S/C19H19FN4O/c20-14-3-4-15-16(10-21-17(15)9-14)12-5-7-24(8-6-12)11-18-22-19(23-25-18)13-1-2-13/h3-5,9-10,13,21H,1-2,6-8,11H2. The van der Waals surface area contributed by atoms with Crippen LogP contribution in [0.3, 0.4) is 0 Å². The van der Waals surface area contributed by atoms with Gasteiger partial charge in [-0.3, -0.25) is 4.90 Å². The first-order valence-electron chi connectivity index (χ1n) is 8.77. The van der Waals surface area contributed by atoms with Crippen LogP contribution in [-0.2, 0) is 6.54 Å². The minimum Gasteiger partial charge on any atom is -0.360 e. The molecule has 0 bridgehead atoms. The molecule has 0 unspecified atom stereocenters. The fourth-order valence-electron chi connectivity index (χ4n) is 3.49. The number of H-pyrrole nitrogens is 1. The Labute approximate surface area is 144 Å². The van der Waals surface area contributed by atoms with Crippen molar-refractivity contribution in [3.8, 4) is 0 Å². The molecule has 128 valence electrons. The number of aromatic nitrogens is 3. The SMILES string of the molecule is Fc1ccc2c(C3=CCN(Cc4nc(C5CC5)no4)CC3)c[nH]c2c1. The maximum absolute atomic E-state index is 13.3. The molecule has 1 aromatic carbocycles. The molecule has 1 aliphatic heterocycles. The Morgan fingerprint density at radius 2 is 2.24 bits per heavy atom. The van der Waals surface area contributed by atoms with Crippen molar-refractivity contribution in [1.29, 1.82) is 0 Å². The summed E-state index contributed by atoms with van der Waals surface area (Å²) < 4.78 is 18.7. The van der Waals surface area contributed by atoms with E-state index in [0.29, 0.717) is 18.4 Å². The van der Waals surface area contributed by atoms with Crippen LogP contribution in [0.15, 0.2) is 35.0 Å². The van der Waals surface area contributed by atoms with Crippen molar-refractivity contribution in [1.82, 2.24) is 20.0 Å². The number of hydrogen-bond acceptors (Lipinski definition) is 4. The minimum absolute atomic E-state index is 0.213. The number of benzene rings is 1. The number of hydrogen-bond donors (Lipinski definition) is 1. The molecule has 0 atom stereocenters. The van der Waals surface area contributed by atoms with Gasteiger partial charge in [0, 0.05) is 41.7 Å². The zero-order chi connectivity index (χ0) is 16.8. The molecule has 2 aliphatic rings. The molecule has 0 spiro atoms. The molecule has 0 radical (unpaired) electrons. The number of halogens is 1. The molecule has 5 nitrogen and oxygen atoms in total. The van der Waals surface area contributed by atoms with Gasteiger partial charge in [0.05, 0.1) is 6.54 Å². The molecule has 3 aromatic rings. The highest BCUT2D eigenvalue weighted by molar-refractivity contribution is 5.92. The van der Waals surface area contributed by atoms with Crippen LogP contribution in [0.2, 0.25) is 0 Å². The van der Waals surface area contributed by atoms with Gasteiger partial charge in [-0.1, -0.05) is 11.2 Å². The molecule has 25 heavy (non-hydrogen) atoms. The van der Waals surface area contributed by atoms with Gasteiger partial charge in [-0.2, -0.15) is 4.98 Å². The predicted molar refractivity (Wildman–Crippen MR) is 92.4 cm³/mol. The Morgan fingerprint density at radius 1 is 1.32 bits per heavy atom. The zero-order valence-electron chi connectivity index (χ0n) is 13.8. The quantitative estimate of drug-likeness (QED) is 0.785. The second-order valence-corrected chi connectivity index (χ2v) is 6.93. The summed E-state index contributed by atoms with van der Waals surface area (Å²) in [6, 6.07) is 4.91. The Balaban J connectivity index is 1.30. The van der Waals surface area contributed by atoms with Gasteiger partial charge < -0.3 is 9.51 Å². The number of aromatic amines is 1. The molecular formula is C19H19FN4O. The van der Waals surface area contributed by atoms with Gasteiger partial charge in [-0.05, 0) is 43.0 Å². The maximum Gasteiger partial charge on any atom is 0.240 e. The minimum atomic E-state index is -0.213. The van der Waals surface area contributed by atoms with Crippen molar-refractivity contribution in [3.63, 3.8) is 0 Å². The van der Waals surface area contributed by atoms with Crippen LogP contribution >= 0.6 is 0 Å². The maximum atomic E-state index is 13.3. The monoisotopic (exact) mass is 338 g/mol. The summed E-state index contributed by atoms with van der Waals surface area (Å²) >= 11 is 0. The molecular weight excluding hydrogens is 319 g/mol. The van der Waals surface area contributed by atoms with Crippen LogP contribution in [-0.4, -0.2) is 33.1 Å². The number of fused-ring (bicyclic) bond motifs is 1. The van der Waals surface area contributed by atoms with Crippen LogP contribution in [0.4, 0.5) is 4.39 Å². The molecule has 1 aliphatic carbocycles. The van der Waals surface area contributed by atoms with Crippen molar-refractivity contribution in [3.05, 3.63) is 53.6 Å². The fraction of sp³-hybridized carbons (Fsp3) is 0.368. The Hall–Kier alpha value is -2.47. The molecule has 1 fully saturated rings. The highest BCUT2D eigenvalue weighted by atomic mass is 19.1. The van der Waals surface area contributed by atoms with E-state index in [-0.39, 0.29) is 5.82 Å². The summed E-state index contributed by atoms with van der Waals surface area (Å²) in [5.74, 6) is 1.89. The second-order valence-electron chi connectivity index (χ2n) is 6.93. The van der Waals surface area contributed by atoms with E-state index in [1.54, 1.807) is 6.07 Å². The lowest BCUT2D eigenvalue weighted by molar-refractivity contribution is 0.245. The third-order valence-corrected chi connectivity index (χ3v) is 5.07. The molecule has 1 N–H and O–H groups in total. The Morgan fingerprint density at radius 3 is 3.04 bits per heavy atom. The topological polar surface area (TPSA) is 58.0 Å². The lowest BCUT2D eigenvalue weighted by Gasteiger charge is -2.24. The van der Waals surface area contributed by atoms with Crippen molar-refractivity contribution >= 4 is 16.5 Å². The lowest BCUT2D eigenvalue weighted by Crippen LogP contribution is -2.28. The van der Waals surface area contributed by atoms with Gasteiger partial charge in [0.2, 0.25) is 5.89 Å². The third-order valence-electron chi connectivity index (χ3n) is 5.07. The van der Waals surface area contributed by atoms with Crippen molar-refractivity contribution in [2.24, 2.45) is 0 Å². The van der Waals surface area contributed by atoms with E-state index >= 15 is 0 Å². The predicted octanol–water partition coefficient (Wildman–Crippen LogP) is 3.86. The number of nitrogens with zero attached hydrogens (tertiary/aromatic N) is 3. The number of nitrogens with one attached hydrogen (secondary N) is 1. The summed E-state index contributed by atoms with van der Waals surface area (Å²) in [5, 5.41) is 5.15. The summed E-state index contributed by atoms with van der Waals surface area (Å²) in [6.07, 6.45) is 7.54. The normalized spacial score (nSPS) is 18.7. The summed E-state index contributed by atoms with van der Waals surface area (Å²) in [4.78, 5) is 9.98. The van der Waals surface area contributed by atoms with Crippen molar-refractivity contribution < 1.29 is 8.91 Å². The molecule has 1 saturated carbocycles. The van der Waals surface area contributed by atoms with Gasteiger partial charge in [-0.15, -0.1) is 0 Å². The first kappa shape index (κ1) is 14.8. The Kier molecular flexibility index (Phi) is 3.45. The van der Waals surface area contributed by atoms with Crippen molar-refractivity contribution in [2.75, 3.05) is 13.1 Å². The number of rotatable bonds is 4. The first-order chi connectivity index (χ1) is 12.3. The van der Waals surface area contributed by atoms with Crippen LogP contribution in [0, 0.1) is 5.82 Å². The van der Waals surface area contributed by atoms with E-state index in [1.165, 1.54) is 30.0 Å². The molecule has 3 heterocycles. The van der Waals surface area contributed by atoms with E-state index in [4.69, 9.17) is 4.52 Å². The highest BCUT2D eigenvalue weighted by Gasteiger charge is 2.29. The van der Waals surface area contributed by atoms with Gasteiger partial charge >= 0.3 is 0 Å². The van der Waals surface area contributed by atoms with E-state index in [9.17, 15) is 4.39 Å². The van der Waals surface area contributed by atoms with Crippen LogP contribution in [0.5, 0.6) is 0 Å². The summed E-state index contributed by atoms with van der Waals surface area (Å²) in [5.41, 5.74) is 3.32. The summed E-state index contributed by atoms with van der Waals surface area (Å²) in [6.45, 7) is 2.49. The van der Waals surface area contributed by atoms with Gasteiger partial charge in [0.1, 0.15) is 5.82 Å². The first-order valence-corrected chi connectivity index (χ1v) is 8.77. The van der Waals surface area contributed by atoms with E-state index in [1.807, 2.05) is 12.3 Å². The van der Waals surface area contributed by atoms with Crippen LogP contribution in [0.1, 0.15) is 42.5 Å². The van der Waals surface area contributed by atoms with Gasteiger partial charge in [0.15, 0.2) is 5.82 Å². The van der Waals surface area contributed by atoms with Gasteiger partial charge in [0.25, 0.3) is 0 Å². The largest absolute Gasteiger partial charge is 0.360 e. The average molecular weight is 338 g/mol. The van der Waals surface area contributed by atoms with Crippen LogP contribution in [0.25, 0.3) is 16.5 Å². The average Bonchev–Trinajstić information content (AvgIpc) is 3.23. The second kappa shape index (κ2) is 5.81. The Bertz CT molecular complexity index is 953. The summed E-state index contributed by atoms with van der Waals surface area (Å²) in [7, 11) is 0. The van der Waals surface area contributed by atoms with Crippen molar-refractivity contribution in [2.45, 2.75) is 31.7 Å².